The number of hydrogen-bond acceptors (Lipinski definition) is 3. The number of halogens is 1. The summed E-state index contributed by atoms with van der Waals surface area (Å²) >= 11 is 0. The molecule has 1 aromatic heterocycles. The van der Waals surface area contributed by atoms with Gasteiger partial charge < -0.3 is 9.52 Å². The fraction of sp³-hybridized carbons (Fsp3) is 0. The van der Waals surface area contributed by atoms with Crippen LogP contribution in [0.1, 0.15) is 5.56 Å². The van der Waals surface area contributed by atoms with Crippen molar-refractivity contribution >= 4 is 16.9 Å². The minimum atomic E-state index is -0.345. The summed E-state index contributed by atoms with van der Waals surface area (Å²) in [4.78, 5) is 4.32. The molecule has 0 atom stereocenters. The van der Waals surface area contributed by atoms with Gasteiger partial charge in [-0.05, 0) is 42.5 Å². The Morgan fingerprint density at radius 1 is 1.24 bits per heavy atom. The van der Waals surface area contributed by atoms with E-state index < -0.39 is 0 Å². The van der Waals surface area contributed by atoms with Crippen molar-refractivity contribution in [1.82, 2.24) is 4.98 Å². The summed E-state index contributed by atoms with van der Waals surface area (Å²) in [6.07, 6.45) is 2.99. The molecule has 0 aliphatic carbocycles. The molecule has 0 saturated carbocycles. The lowest BCUT2D eigenvalue weighted by atomic mass is 10.1. The number of fused-ring (bicyclic) bond motifs is 1. The van der Waals surface area contributed by atoms with Gasteiger partial charge in [0.05, 0.1) is 0 Å². The molecule has 104 valence electrons. The molecule has 3 nitrogen and oxygen atoms in total. The number of allylic oxidation sites excluding steroid dienone is 2. The number of rotatable bonds is 3. The second-order valence-electron chi connectivity index (χ2n) is 4.50. The molecule has 0 fully saturated rings. The number of nitrogens with zero attached hydrogens (tertiary/aromatic N) is 1. The van der Waals surface area contributed by atoms with E-state index in [1.54, 1.807) is 30.3 Å². The highest BCUT2D eigenvalue weighted by Crippen LogP contribution is 2.26. The van der Waals surface area contributed by atoms with Crippen molar-refractivity contribution in [3.63, 3.8) is 0 Å². The van der Waals surface area contributed by atoms with Crippen LogP contribution in [0.25, 0.3) is 28.3 Å². The molecular weight excluding hydrogens is 269 g/mol. The number of aliphatic hydroxyl groups excluding tert-OH is 1. The molecule has 21 heavy (non-hydrogen) atoms. The van der Waals surface area contributed by atoms with Crippen LogP contribution in [0.5, 0.6) is 0 Å². The largest absolute Gasteiger partial charge is 0.507 e. The van der Waals surface area contributed by atoms with Crippen molar-refractivity contribution < 1.29 is 13.9 Å². The summed E-state index contributed by atoms with van der Waals surface area (Å²) in [5, 5.41) is 9.82. The molecule has 0 aliphatic rings. The maximum atomic E-state index is 13.2. The van der Waals surface area contributed by atoms with E-state index in [9.17, 15) is 9.50 Å². The molecule has 0 radical (unpaired) electrons. The van der Waals surface area contributed by atoms with Crippen LogP contribution >= 0.6 is 0 Å². The Morgan fingerprint density at radius 2 is 2.10 bits per heavy atom. The quantitative estimate of drug-likeness (QED) is 0.558. The van der Waals surface area contributed by atoms with Gasteiger partial charge in [-0.25, -0.2) is 9.37 Å². The van der Waals surface area contributed by atoms with E-state index in [-0.39, 0.29) is 11.6 Å². The van der Waals surface area contributed by atoms with Gasteiger partial charge in [-0.1, -0.05) is 18.7 Å². The minimum Gasteiger partial charge on any atom is -0.507 e. The molecule has 4 heteroatoms. The number of aromatic nitrogens is 1. The first-order valence-electron chi connectivity index (χ1n) is 6.36. The van der Waals surface area contributed by atoms with Crippen molar-refractivity contribution in [3.05, 3.63) is 72.6 Å². The smallest absolute Gasteiger partial charge is 0.227 e. The van der Waals surface area contributed by atoms with Gasteiger partial charge in [0.15, 0.2) is 5.58 Å². The molecule has 3 aromatic rings. The molecule has 1 heterocycles. The Labute approximate surface area is 120 Å². The second-order valence-corrected chi connectivity index (χ2v) is 4.50. The lowest BCUT2D eigenvalue weighted by Crippen LogP contribution is -1.81. The Hall–Kier alpha value is -2.88. The first kappa shape index (κ1) is 13.1. The Morgan fingerprint density at radius 3 is 2.86 bits per heavy atom. The van der Waals surface area contributed by atoms with E-state index in [0.717, 1.165) is 0 Å². The normalized spacial score (nSPS) is 11.8. The minimum absolute atomic E-state index is 0.0932. The zero-order valence-corrected chi connectivity index (χ0v) is 11.1. The maximum absolute atomic E-state index is 13.2. The predicted molar refractivity (Wildman–Crippen MR) is 80.2 cm³/mol. The third kappa shape index (κ3) is 2.56. The summed E-state index contributed by atoms with van der Waals surface area (Å²) in [7, 11) is 0. The van der Waals surface area contributed by atoms with Gasteiger partial charge in [-0.15, -0.1) is 0 Å². The summed E-state index contributed by atoms with van der Waals surface area (Å²) < 4.78 is 18.9. The molecule has 1 N–H and O–H groups in total. The van der Waals surface area contributed by atoms with Gasteiger partial charge in [0.25, 0.3) is 0 Å². The van der Waals surface area contributed by atoms with Crippen LogP contribution in [0.4, 0.5) is 4.39 Å². The van der Waals surface area contributed by atoms with Crippen LogP contribution in [0.2, 0.25) is 0 Å². The predicted octanol–water partition coefficient (Wildman–Crippen LogP) is 4.72. The Bertz CT molecular complexity index is 849. The van der Waals surface area contributed by atoms with Gasteiger partial charge in [-0.2, -0.15) is 0 Å². The highest BCUT2D eigenvalue weighted by atomic mass is 19.1. The molecule has 0 saturated heterocycles. The number of aliphatic hydroxyl groups is 1. The van der Waals surface area contributed by atoms with E-state index >= 15 is 0 Å². The third-order valence-corrected chi connectivity index (χ3v) is 3.03. The zero-order valence-electron chi connectivity index (χ0n) is 11.1. The molecular formula is C17H12FNO2. The SMILES string of the molecule is C=C/C=C(\O)c1ccc2nc(-c3cccc(F)c3)oc2c1. The third-order valence-electron chi connectivity index (χ3n) is 3.03. The second kappa shape index (κ2) is 5.25. The van der Waals surface area contributed by atoms with E-state index in [1.165, 1.54) is 24.3 Å². The Balaban J connectivity index is 2.08. The highest BCUT2D eigenvalue weighted by Gasteiger charge is 2.10. The molecule has 0 spiro atoms. The van der Waals surface area contributed by atoms with Crippen molar-refractivity contribution in [2.24, 2.45) is 0 Å². The average Bonchev–Trinajstić information content (AvgIpc) is 2.90. The molecule has 0 aliphatic heterocycles. The van der Waals surface area contributed by atoms with Crippen molar-refractivity contribution in [2.75, 3.05) is 0 Å². The van der Waals surface area contributed by atoms with Gasteiger partial charge in [0.2, 0.25) is 5.89 Å². The Kier molecular flexibility index (Phi) is 3.28. The lowest BCUT2D eigenvalue weighted by molar-refractivity contribution is 0.511. The molecule has 0 bridgehead atoms. The summed E-state index contributed by atoms with van der Waals surface area (Å²) in [5.41, 5.74) is 2.34. The van der Waals surface area contributed by atoms with Gasteiger partial charge in [-0.3, -0.25) is 0 Å². The molecule has 3 rings (SSSR count). The van der Waals surface area contributed by atoms with Crippen LogP contribution in [-0.2, 0) is 0 Å². The van der Waals surface area contributed by atoms with Crippen molar-refractivity contribution in [2.45, 2.75) is 0 Å². The van der Waals surface area contributed by atoms with Crippen molar-refractivity contribution in [1.29, 1.82) is 0 Å². The van der Waals surface area contributed by atoms with E-state index in [0.29, 0.717) is 28.1 Å². The van der Waals surface area contributed by atoms with Crippen LogP contribution < -0.4 is 0 Å². The number of hydrogen-bond donors (Lipinski definition) is 1. The van der Waals surface area contributed by atoms with Crippen LogP contribution in [0.15, 0.2) is 65.6 Å². The van der Waals surface area contributed by atoms with E-state index in [2.05, 4.69) is 11.6 Å². The van der Waals surface area contributed by atoms with E-state index in [1.807, 2.05) is 0 Å². The topological polar surface area (TPSA) is 46.3 Å². The summed E-state index contributed by atoms with van der Waals surface area (Å²) in [5.74, 6) is 0.0893. The molecule has 0 amide bonds. The fourth-order valence-electron chi connectivity index (χ4n) is 2.04. The standard InChI is InChI=1S/C17H12FNO2/c1-2-4-15(20)11-7-8-14-16(10-11)21-17(19-14)12-5-3-6-13(18)9-12/h2-10,20H,1H2/b15-4-. The highest BCUT2D eigenvalue weighted by molar-refractivity contribution is 5.80. The maximum Gasteiger partial charge on any atom is 0.227 e. The molecule has 2 aromatic carbocycles. The lowest BCUT2D eigenvalue weighted by Gasteiger charge is -1.97. The van der Waals surface area contributed by atoms with Crippen LogP contribution in [-0.4, -0.2) is 10.1 Å². The zero-order chi connectivity index (χ0) is 14.8. The summed E-state index contributed by atoms with van der Waals surface area (Å²) in [6, 6.07) is 11.2. The van der Waals surface area contributed by atoms with Gasteiger partial charge in [0.1, 0.15) is 17.1 Å². The average molecular weight is 281 g/mol. The number of oxazole rings is 1. The van der Waals surface area contributed by atoms with Crippen molar-refractivity contribution in [3.8, 4) is 11.5 Å². The fourth-order valence-corrected chi connectivity index (χ4v) is 2.04. The van der Waals surface area contributed by atoms with Gasteiger partial charge in [0, 0.05) is 11.1 Å². The monoisotopic (exact) mass is 281 g/mol. The first-order chi connectivity index (χ1) is 10.2. The van der Waals surface area contributed by atoms with E-state index in [4.69, 9.17) is 4.42 Å². The van der Waals surface area contributed by atoms with Crippen LogP contribution in [0, 0.1) is 5.82 Å². The number of benzene rings is 2. The van der Waals surface area contributed by atoms with Gasteiger partial charge >= 0.3 is 0 Å². The molecule has 0 unspecified atom stereocenters. The summed E-state index contributed by atoms with van der Waals surface area (Å²) in [6.45, 7) is 3.53. The van der Waals surface area contributed by atoms with Crippen LogP contribution in [0.3, 0.4) is 0 Å². The first-order valence-corrected chi connectivity index (χ1v) is 6.36.